The molecule has 1 aromatic carbocycles. The van der Waals surface area contributed by atoms with E-state index in [1.54, 1.807) is 11.3 Å². The van der Waals surface area contributed by atoms with Crippen LogP contribution in [0.4, 0.5) is 5.69 Å². The molecule has 0 spiro atoms. The van der Waals surface area contributed by atoms with E-state index in [-0.39, 0.29) is 0 Å². The van der Waals surface area contributed by atoms with Crippen molar-refractivity contribution in [3.8, 4) is 0 Å². The summed E-state index contributed by atoms with van der Waals surface area (Å²) in [7, 11) is 0. The Balaban J connectivity index is 1.55. The molecule has 1 heterocycles. The quantitative estimate of drug-likeness (QED) is 0.595. The first-order valence-electron chi connectivity index (χ1n) is 6.27. The van der Waals surface area contributed by atoms with Crippen LogP contribution in [0.5, 0.6) is 0 Å². The minimum Gasteiger partial charge on any atom is -0.399 e. The van der Waals surface area contributed by atoms with Gasteiger partial charge in [0.15, 0.2) is 0 Å². The van der Waals surface area contributed by atoms with Gasteiger partial charge in [0.25, 0.3) is 0 Å². The van der Waals surface area contributed by atoms with Crippen LogP contribution in [0, 0.1) is 0 Å². The normalized spacial score (nSPS) is 10.7. The largest absolute Gasteiger partial charge is 0.399 e. The molecule has 0 aliphatic carbocycles. The van der Waals surface area contributed by atoms with Gasteiger partial charge in [0, 0.05) is 24.0 Å². The molecule has 2 aromatic rings. The zero-order chi connectivity index (χ0) is 12.6. The van der Waals surface area contributed by atoms with Gasteiger partial charge in [-0.15, -0.1) is 11.3 Å². The Morgan fingerprint density at radius 2 is 1.94 bits per heavy atom. The lowest BCUT2D eigenvalue weighted by Gasteiger charge is -2.04. The molecule has 0 radical (unpaired) electrons. The summed E-state index contributed by atoms with van der Waals surface area (Å²) in [5, 5.41) is 5.55. The second-order valence-electron chi connectivity index (χ2n) is 4.32. The SMILES string of the molecule is Nc1ccc(CCCNCCc2cscn2)cc1. The van der Waals surface area contributed by atoms with Crippen molar-refractivity contribution in [3.63, 3.8) is 0 Å². The summed E-state index contributed by atoms with van der Waals surface area (Å²) in [6, 6.07) is 8.13. The van der Waals surface area contributed by atoms with Crippen LogP contribution in [0.1, 0.15) is 17.7 Å². The Hall–Kier alpha value is -1.39. The van der Waals surface area contributed by atoms with Crippen molar-refractivity contribution in [3.05, 3.63) is 46.4 Å². The molecule has 96 valence electrons. The lowest BCUT2D eigenvalue weighted by Crippen LogP contribution is -2.19. The topological polar surface area (TPSA) is 50.9 Å². The van der Waals surface area contributed by atoms with Gasteiger partial charge in [-0.25, -0.2) is 4.98 Å². The molecule has 2 rings (SSSR count). The van der Waals surface area contributed by atoms with Crippen LogP contribution in [0.2, 0.25) is 0 Å². The van der Waals surface area contributed by atoms with Gasteiger partial charge in [0.2, 0.25) is 0 Å². The summed E-state index contributed by atoms with van der Waals surface area (Å²) in [6.45, 7) is 2.06. The molecule has 4 heteroatoms. The maximum absolute atomic E-state index is 5.65. The van der Waals surface area contributed by atoms with Crippen LogP contribution in [-0.4, -0.2) is 18.1 Å². The summed E-state index contributed by atoms with van der Waals surface area (Å²) in [6.07, 6.45) is 3.27. The molecule has 3 N–H and O–H groups in total. The number of hydrogen-bond donors (Lipinski definition) is 2. The minimum absolute atomic E-state index is 0.833. The molecule has 0 aliphatic heterocycles. The number of aryl methyl sites for hydroxylation is 1. The Morgan fingerprint density at radius 1 is 1.11 bits per heavy atom. The highest BCUT2D eigenvalue weighted by molar-refractivity contribution is 7.07. The summed E-state index contributed by atoms with van der Waals surface area (Å²) < 4.78 is 0. The van der Waals surface area contributed by atoms with E-state index in [0.29, 0.717) is 0 Å². The van der Waals surface area contributed by atoms with Gasteiger partial charge in [-0.3, -0.25) is 0 Å². The molecule has 0 amide bonds. The summed E-state index contributed by atoms with van der Waals surface area (Å²) >= 11 is 1.66. The van der Waals surface area contributed by atoms with E-state index in [0.717, 1.165) is 38.0 Å². The molecule has 1 aromatic heterocycles. The number of nitrogens with one attached hydrogen (secondary N) is 1. The third-order valence-corrected chi connectivity index (χ3v) is 3.48. The van der Waals surface area contributed by atoms with Gasteiger partial charge < -0.3 is 11.1 Å². The Morgan fingerprint density at radius 3 is 2.67 bits per heavy atom. The number of aromatic nitrogens is 1. The molecule has 0 aliphatic rings. The van der Waals surface area contributed by atoms with E-state index in [1.807, 2.05) is 17.6 Å². The third kappa shape index (κ3) is 4.47. The van der Waals surface area contributed by atoms with Crippen LogP contribution in [0.3, 0.4) is 0 Å². The van der Waals surface area contributed by atoms with E-state index in [9.17, 15) is 0 Å². The number of anilines is 1. The summed E-state index contributed by atoms with van der Waals surface area (Å²) in [5.41, 5.74) is 10.9. The Kier molecular flexibility index (Phi) is 5.17. The Bertz CT molecular complexity index is 437. The van der Waals surface area contributed by atoms with Gasteiger partial charge in [0.1, 0.15) is 0 Å². The van der Waals surface area contributed by atoms with Gasteiger partial charge in [-0.05, 0) is 37.1 Å². The highest BCUT2D eigenvalue weighted by Gasteiger charge is 1.95. The van der Waals surface area contributed by atoms with Crippen molar-refractivity contribution < 1.29 is 0 Å². The molecule has 18 heavy (non-hydrogen) atoms. The highest BCUT2D eigenvalue weighted by Crippen LogP contribution is 2.07. The average Bonchev–Trinajstić information content (AvgIpc) is 2.89. The fraction of sp³-hybridized carbons (Fsp3) is 0.357. The minimum atomic E-state index is 0.833. The van der Waals surface area contributed by atoms with Gasteiger partial charge in [0.05, 0.1) is 11.2 Å². The molecular formula is C14H19N3S. The van der Waals surface area contributed by atoms with E-state index in [1.165, 1.54) is 11.3 Å². The molecule has 0 saturated carbocycles. The lowest BCUT2D eigenvalue weighted by molar-refractivity contribution is 0.644. The van der Waals surface area contributed by atoms with Crippen molar-refractivity contribution in [2.24, 2.45) is 0 Å². The zero-order valence-electron chi connectivity index (χ0n) is 10.4. The number of rotatable bonds is 7. The summed E-state index contributed by atoms with van der Waals surface area (Å²) in [5.74, 6) is 0. The average molecular weight is 261 g/mol. The van der Waals surface area contributed by atoms with Crippen LogP contribution < -0.4 is 11.1 Å². The number of hydrogen-bond acceptors (Lipinski definition) is 4. The number of benzene rings is 1. The van der Waals surface area contributed by atoms with Crippen molar-refractivity contribution >= 4 is 17.0 Å². The fourth-order valence-electron chi connectivity index (χ4n) is 1.80. The van der Waals surface area contributed by atoms with Crippen molar-refractivity contribution in [2.45, 2.75) is 19.3 Å². The first-order chi connectivity index (χ1) is 8.84. The molecule has 0 atom stereocenters. The molecule has 0 fully saturated rings. The van der Waals surface area contributed by atoms with Crippen molar-refractivity contribution in [1.82, 2.24) is 10.3 Å². The number of nitrogens with two attached hydrogens (primary N) is 1. The highest BCUT2D eigenvalue weighted by atomic mass is 32.1. The predicted molar refractivity (Wildman–Crippen MR) is 77.9 cm³/mol. The number of thiazole rings is 1. The molecule has 3 nitrogen and oxygen atoms in total. The number of nitrogen functional groups attached to an aromatic ring is 1. The molecule has 0 unspecified atom stereocenters. The summed E-state index contributed by atoms with van der Waals surface area (Å²) in [4.78, 5) is 4.26. The van der Waals surface area contributed by atoms with E-state index in [4.69, 9.17) is 5.73 Å². The van der Waals surface area contributed by atoms with Gasteiger partial charge in [-0.2, -0.15) is 0 Å². The fourth-order valence-corrected chi connectivity index (χ4v) is 2.40. The van der Waals surface area contributed by atoms with Crippen molar-refractivity contribution in [1.29, 1.82) is 0 Å². The van der Waals surface area contributed by atoms with Crippen molar-refractivity contribution in [2.75, 3.05) is 18.8 Å². The number of nitrogens with zero attached hydrogens (tertiary/aromatic N) is 1. The van der Waals surface area contributed by atoms with Gasteiger partial charge in [-0.1, -0.05) is 12.1 Å². The lowest BCUT2D eigenvalue weighted by atomic mass is 10.1. The first kappa shape index (κ1) is 13.1. The van der Waals surface area contributed by atoms with Gasteiger partial charge >= 0.3 is 0 Å². The predicted octanol–water partition coefficient (Wildman–Crippen LogP) is 2.49. The second-order valence-corrected chi connectivity index (χ2v) is 5.04. The second kappa shape index (κ2) is 7.13. The van der Waals surface area contributed by atoms with E-state index >= 15 is 0 Å². The third-order valence-electron chi connectivity index (χ3n) is 2.84. The monoisotopic (exact) mass is 261 g/mol. The standard InChI is InChI=1S/C14H19N3S/c15-13-5-3-12(4-6-13)2-1-8-16-9-7-14-10-18-11-17-14/h3-6,10-11,16H,1-2,7-9,15H2. The van der Waals surface area contributed by atoms with E-state index in [2.05, 4.69) is 27.8 Å². The first-order valence-corrected chi connectivity index (χ1v) is 7.21. The maximum Gasteiger partial charge on any atom is 0.0794 e. The van der Waals surface area contributed by atoms with Crippen LogP contribution in [-0.2, 0) is 12.8 Å². The smallest absolute Gasteiger partial charge is 0.0794 e. The Labute approximate surface area is 112 Å². The zero-order valence-corrected chi connectivity index (χ0v) is 11.2. The molecule has 0 bridgehead atoms. The molecular weight excluding hydrogens is 242 g/mol. The van der Waals surface area contributed by atoms with Crippen LogP contribution in [0.25, 0.3) is 0 Å². The van der Waals surface area contributed by atoms with Crippen LogP contribution >= 0.6 is 11.3 Å². The van der Waals surface area contributed by atoms with Crippen LogP contribution in [0.15, 0.2) is 35.2 Å². The maximum atomic E-state index is 5.65. The molecule has 0 saturated heterocycles. The van der Waals surface area contributed by atoms with E-state index < -0.39 is 0 Å².